The predicted molar refractivity (Wildman–Crippen MR) is 77.3 cm³/mol. The molecule has 0 radical (unpaired) electrons. The van der Waals surface area contributed by atoms with Crippen LogP contribution >= 0.6 is 11.6 Å². The lowest BCUT2D eigenvalue weighted by Gasteiger charge is -2.03. The molecule has 0 heterocycles. The summed E-state index contributed by atoms with van der Waals surface area (Å²) in [4.78, 5) is 22.5. The zero-order valence-electron chi connectivity index (χ0n) is 10.8. The van der Waals surface area contributed by atoms with Crippen LogP contribution in [0.1, 0.15) is 21.5 Å². The lowest BCUT2D eigenvalue weighted by Crippen LogP contribution is -2.04. The van der Waals surface area contributed by atoms with Gasteiger partial charge in [0.15, 0.2) is 5.78 Å². The summed E-state index contributed by atoms with van der Waals surface area (Å²) in [6.07, 6.45) is 0.192. The van der Waals surface area contributed by atoms with Crippen molar-refractivity contribution in [2.24, 2.45) is 0 Å². The molecule has 0 N–H and O–H groups in total. The molecule has 0 unspecified atom stereocenters. The van der Waals surface area contributed by atoms with Gasteiger partial charge in [0.1, 0.15) is 0 Å². The zero-order valence-corrected chi connectivity index (χ0v) is 11.6. The van der Waals surface area contributed by atoms with Gasteiger partial charge in [-0.1, -0.05) is 35.9 Å². The standard InChI is InChI=1S/C15H12ClNO3/c1-10-2-5-12(9-14(10)17(19)20)15(18)8-11-3-6-13(16)7-4-11/h2-7,9H,8H2,1H3. The molecule has 4 nitrogen and oxygen atoms in total. The topological polar surface area (TPSA) is 60.2 Å². The fourth-order valence-corrected chi connectivity index (χ4v) is 2.00. The number of aryl methyl sites for hydroxylation is 1. The molecule has 0 amide bonds. The van der Waals surface area contributed by atoms with E-state index in [2.05, 4.69) is 0 Å². The Labute approximate surface area is 121 Å². The van der Waals surface area contributed by atoms with Gasteiger partial charge in [0, 0.05) is 28.6 Å². The SMILES string of the molecule is Cc1ccc(C(=O)Cc2ccc(Cl)cc2)cc1[N+](=O)[O-]. The van der Waals surface area contributed by atoms with E-state index in [0.717, 1.165) is 5.56 Å². The normalized spacial score (nSPS) is 10.3. The molecule has 0 aliphatic heterocycles. The quantitative estimate of drug-likeness (QED) is 0.486. The minimum Gasteiger partial charge on any atom is -0.294 e. The smallest absolute Gasteiger partial charge is 0.273 e. The van der Waals surface area contributed by atoms with Crippen molar-refractivity contribution in [1.29, 1.82) is 0 Å². The van der Waals surface area contributed by atoms with Crippen LogP contribution in [0.15, 0.2) is 42.5 Å². The number of benzene rings is 2. The van der Waals surface area contributed by atoms with Gasteiger partial charge in [-0.05, 0) is 24.6 Å². The maximum absolute atomic E-state index is 12.1. The molecule has 0 aromatic heterocycles. The first kappa shape index (κ1) is 14.2. The molecule has 0 aliphatic carbocycles. The average Bonchev–Trinajstić information content (AvgIpc) is 2.41. The van der Waals surface area contributed by atoms with Gasteiger partial charge in [0.05, 0.1) is 4.92 Å². The second-order valence-electron chi connectivity index (χ2n) is 4.48. The summed E-state index contributed by atoms with van der Waals surface area (Å²) >= 11 is 5.78. The first-order valence-electron chi connectivity index (χ1n) is 6.00. The van der Waals surface area contributed by atoms with Crippen molar-refractivity contribution in [3.63, 3.8) is 0 Å². The fourth-order valence-electron chi connectivity index (χ4n) is 1.87. The Morgan fingerprint density at radius 2 is 1.85 bits per heavy atom. The Balaban J connectivity index is 2.23. The fraction of sp³-hybridized carbons (Fsp3) is 0.133. The van der Waals surface area contributed by atoms with Gasteiger partial charge < -0.3 is 0 Å². The highest BCUT2D eigenvalue weighted by Gasteiger charge is 2.15. The molecule has 0 saturated heterocycles. The molecule has 0 atom stereocenters. The van der Waals surface area contributed by atoms with Gasteiger partial charge in [0.2, 0.25) is 0 Å². The molecule has 0 bridgehead atoms. The number of carbonyl (C=O) groups excluding carboxylic acids is 1. The Morgan fingerprint density at radius 3 is 2.45 bits per heavy atom. The Bertz CT molecular complexity index is 665. The molecule has 0 saturated carbocycles. The monoisotopic (exact) mass is 289 g/mol. The Hall–Kier alpha value is -2.20. The molecular formula is C15H12ClNO3. The van der Waals surface area contributed by atoms with E-state index >= 15 is 0 Å². The van der Waals surface area contributed by atoms with Crippen LogP contribution in [0.2, 0.25) is 5.02 Å². The minimum atomic E-state index is -0.478. The molecule has 2 rings (SSSR count). The summed E-state index contributed by atoms with van der Waals surface area (Å²) in [7, 11) is 0. The van der Waals surface area contributed by atoms with Crippen LogP contribution in [0.25, 0.3) is 0 Å². The average molecular weight is 290 g/mol. The largest absolute Gasteiger partial charge is 0.294 e. The molecule has 0 spiro atoms. The van der Waals surface area contributed by atoms with Crippen molar-refractivity contribution < 1.29 is 9.72 Å². The second kappa shape index (κ2) is 5.84. The van der Waals surface area contributed by atoms with E-state index in [-0.39, 0.29) is 17.9 Å². The number of ketones is 1. The molecule has 2 aromatic rings. The van der Waals surface area contributed by atoms with E-state index in [0.29, 0.717) is 16.1 Å². The Morgan fingerprint density at radius 1 is 1.20 bits per heavy atom. The van der Waals surface area contributed by atoms with Gasteiger partial charge in [-0.2, -0.15) is 0 Å². The van der Waals surface area contributed by atoms with Crippen molar-refractivity contribution in [2.45, 2.75) is 13.3 Å². The number of hydrogen-bond donors (Lipinski definition) is 0. The van der Waals surface area contributed by atoms with E-state index in [1.54, 1.807) is 43.3 Å². The number of Topliss-reactive ketones (excluding diaryl/α,β-unsaturated/α-hetero) is 1. The van der Waals surface area contributed by atoms with E-state index in [1.807, 2.05) is 0 Å². The highest BCUT2D eigenvalue weighted by Crippen LogP contribution is 2.20. The number of nitro groups is 1. The van der Waals surface area contributed by atoms with Crippen molar-refractivity contribution >= 4 is 23.1 Å². The zero-order chi connectivity index (χ0) is 14.7. The summed E-state index contributed by atoms with van der Waals surface area (Å²) in [6.45, 7) is 1.64. The summed E-state index contributed by atoms with van der Waals surface area (Å²) in [6, 6.07) is 11.5. The summed E-state index contributed by atoms with van der Waals surface area (Å²) in [5.41, 5.74) is 1.67. The van der Waals surface area contributed by atoms with E-state index in [9.17, 15) is 14.9 Å². The molecular weight excluding hydrogens is 278 g/mol. The minimum absolute atomic E-state index is 0.0352. The highest BCUT2D eigenvalue weighted by atomic mass is 35.5. The van der Waals surface area contributed by atoms with Gasteiger partial charge in [-0.15, -0.1) is 0 Å². The molecule has 2 aromatic carbocycles. The number of halogens is 1. The van der Waals surface area contributed by atoms with Crippen molar-refractivity contribution in [2.75, 3.05) is 0 Å². The first-order valence-corrected chi connectivity index (χ1v) is 6.38. The van der Waals surface area contributed by atoms with Gasteiger partial charge in [-0.25, -0.2) is 0 Å². The second-order valence-corrected chi connectivity index (χ2v) is 4.92. The molecule has 102 valence electrons. The maximum Gasteiger partial charge on any atom is 0.273 e. The molecule has 0 fully saturated rings. The van der Waals surface area contributed by atoms with E-state index < -0.39 is 4.92 Å². The van der Waals surface area contributed by atoms with Crippen LogP contribution in [-0.4, -0.2) is 10.7 Å². The summed E-state index contributed by atoms with van der Waals surface area (Å²) < 4.78 is 0. The third-order valence-corrected chi connectivity index (χ3v) is 3.26. The van der Waals surface area contributed by atoms with Gasteiger partial charge in [-0.3, -0.25) is 14.9 Å². The third kappa shape index (κ3) is 3.22. The van der Waals surface area contributed by atoms with Crippen molar-refractivity contribution in [1.82, 2.24) is 0 Å². The van der Waals surface area contributed by atoms with Crippen LogP contribution in [-0.2, 0) is 6.42 Å². The maximum atomic E-state index is 12.1. The molecule has 0 aliphatic rings. The molecule has 5 heteroatoms. The lowest BCUT2D eigenvalue weighted by molar-refractivity contribution is -0.385. The van der Waals surface area contributed by atoms with Gasteiger partial charge in [0.25, 0.3) is 5.69 Å². The number of nitro benzene ring substituents is 1. The first-order chi connectivity index (χ1) is 9.47. The number of hydrogen-bond acceptors (Lipinski definition) is 3. The van der Waals surface area contributed by atoms with Crippen molar-refractivity contribution in [3.05, 3.63) is 74.3 Å². The van der Waals surface area contributed by atoms with Gasteiger partial charge >= 0.3 is 0 Å². The number of carbonyl (C=O) groups is 1. The van der Waals surface area contributed by atoms with Crippen LogP contribution in [0, 0.1) is 17.0 Å². The predicted octanol–water partition coefficient (Wildman–Crippen LogP) is 3.98. The van der Waals surface area contributed by atoms with Crippen LogP contribution in [0.3, 0.4) is 0 Å². The Kier molecular flexibility index (Phi) is 4.15. The van der Waals surface area contributed by atoms with E-state index in [1.165, 1.54) is 6.07 Å². The third-order valence-electron chi connectivity index (χ3n) is 3.01. The highest BCUT2D eigenvalue weighted by molar-refractivity contribution is 6.30. The van der Waals surface area contributed by atoms with Crippen molar-refractivity contribution in [3.8, 4) is 0 Å². The van der Waals surface area contributed by atoms with E-state index in [4.69, 9.17) is 11.6 Å². The number of rotatable bonds is 4. The van der Waals surface area contributed by atoms with Crippen LogP contribution in [0.4, 0.5) is 5.69 Å². The van der Waals surface area contributed by atoms with Crippen LogP contribution < -0.4 is 0 Å². The summed E-state index contributed by atoms with van der Waals surface area (Å²) in [5.74, 6) is -0.157. The lowest BCUT2D eigenvalue weighted by atomic mass is 10.0. The summed E-state index contributed by atoms with van der Waals surface area (Å²) in [5, 5.41) is 11.5. The molecule has 20 heavy (non-hydrogen) atoms. The van der Waals surface area contributed by atoms with Crippen LogP contribution in [0.5, 0.6) is 0 Å². The number of nitrogens with zero attached hydrogens (tertiary/aromatic N) is 1.